The molecule has 1 aromatic heterocycles. The van der Waals surface area contributed by atoms with Crippen molar-refractivity contribution in [1.82, 2.24) is 25.4 Å². The minimum Gasteiger partial charge on any atom is -0.483 e. The number of aromatic nitrogens is 3. The van der Waals surface area contributed by atoms with E-state index in [-0.39, 0.29) is 36.8 Å². The summed E-state index contributed by atoms with van der Waals surface area (Å²) in [6.07, 6.45) is 0. The van der Waals surface area contributed by atoms with E-state index in [0.29, 0.717) is 11.0 Å². The number of thioether (sulfide) groups is 1. The van der Waals surface area contributed by atoms with Gasteiger partial charge in [-0.25, -0.2) is 0 Å². The Labute approximate surface area is 198 Å². The molecule has 0 saturated heterocycles. The fraction of sp³-hybridized carbons (Fsp3) is 0.333. The number of ether oxygens (including phenoxy) is 1. The predicted molar refractivity (Wildman–Crippen MR) is 128 cm³/mol. The number of hydrogen-bond acceptors (Lipinski definition) is 6. The summed E-state index contributed by atoms with van der Waals surface area (Å²) in [6.45, 7) is 5.98. The lowest BCUT2D eigenvalue weighted by atomic mass is 10.1. The van der Waals surface area contributed by atoms with Crippen LogP contribution in [0.25, 0.3) is 0 Å². The molecule has 0 spiro atoms. The minimum atomic E-state index is -0.246. The number of nitrogens with zero attached hydrogens (tertiary/aromatic N) is 3. The largest absolute Gasteiger partial charge is 0.483 e. The van der Waals surface area contributed by atoms with Gasteiger partial charge < -0.3 is 19.9 Å². The summed E-state index contributed by atoms with van der Waals surface area (Å²) in [5.74, 6) is 1.21. The molecule has 0 aliphatic heterocycles. The van der Waals surface area contributed by atoms with Gasteiger partial charge in [0.05, 0.1) is 18.3 Å². The predicted octanol–water partition coefficient (Wildman–Crippen LogP) is 3.10. The molecule has 3 rings (SSSR count). The van der Waals surface area contributed by atoms with Crippen molar-refractivity contribution < 1.29 is 14.3 Å². The van der Waals surface area contributed by atoms with E-state index >= 15 is 0 Å². The van der Waals surface area contributed by atoms with E-state index in [1.807, 2.05) is 76.3 Å². The summed E-state index contributed by atoms with van der Waals surface area (Å²) in [7, 11) is 1.81. The van der Waals surface area contributed by atoms with Crippen LogP contribution in [0.4, 0.5) is 0 Å². The average Bonchev–Trinajstić information content (AvgIpc) is 3.15. The third kappa shape index (κ3) is 6.82. The van der Waals surface area contributed by atoms with Crippen molar-refractivity contribution in [3.05, 3.63) is 71.0 Å². The van der Waals surface area contributed by atoms with E-state index in [1.165, 1.54) is 11.8 Å². The fourth-order valence-corrected chi connectivity index (χ4v) is 4.00. The van der Waals surface area contributed by atoms with Gasteiger partial charge >= 0.3 is 0 Å². The Morgan fingerprint density at radius 2 is 1.73 bits per heavy atom. The molecule has 1 heterocycles. The number of para-hydroxylation sites is 1. The van der Waals surface area contributed by atoms with E-state index in [9.17, 15) is 9.59 Å². The summed E-state index contributed by atoms with van der Waals surface area (Å²) in [4.78, 5) is 24.5. The molecule has 0 unspecified atom stereocenters. The first-order valence-corrected chi connectivity index (χ1v) is 11.6. The number of carbonyl (C=O) groups is 2. The Hall–Kier alpha value is -3.33. The molecule has 1 atom stereocenters. The zero-order valence-electron chi connectivity index (χ0n) is 19.3. The van der Waals surface area contributed by atoms with Crippen LogP contribution < -0.4 is 15.4 Å². The highest BCUT2D eigenvalue weighted by Gasteiger charge is 2.14. The quantitative estimate of drug-likeness (QED) is 0.445. The molecule has 0 fully saturated rings. The lowest BCUT2D eigenvalue weighted by Crippen LogP contribution is -2.29. The SMILES string of the molecule is Cc1cccc(C)c1OCC(=O)NCc1nnc(SCC(=O)N[C@@H](C)c2ccccc2)n1C. The van der Waals surface area contributed by atoms with E-state index in [4.69, 9.17) is 4.74 Å². The summed E-state index contributed by atoms with van der Waals surface area (Å²) in [5, 5.41) is 14.6. The van der Waals surface area contributed by atoms with Crippen LogP contribution in [0.15, 0.2) is 53.7 Å². The van der Waals surface area contributed by atoms with Crippen molar-refractivity contribution in [2.24, 2.45) is 7.05 Å². The molecule has 3 aromatic rings. The highest BCUT2D eigenvalue weighted by Crippen LogP contribution is 2.22. The topological polar surface area (TPSA) is 98.1 Å². The molecule has 174 valence electrons. The first-order valence-electron chi connectivity index (χ1n) is 10.7. The van der Waals surface area contributed by atoms with Gasteiger partial charge in [0.25, 0.3) is 5.91 Å². The number of amides is 2. The van der Waals surface area contributed by atoms with E-state index in [2.05, 4.69) is 20.8 Å². The highest BCUT2D eigenvalue weighted by molar-refractivity contribution is 7.99. The van der Waals surface area contributed by atoms with Crippen LogP contribution in [0.5, 0.6) is 5.75 Å². The second kappa shape index (κ2) is 11.5. The second-order valence-electron chi connectivity index (χ2n) is 7.73. The van der Waals surface area contributed by atoms with Crippen molar-refractivity contribution in [2.45, 2.75) is 38.5 Å². The van der Waals surface area contributed by atoms with Crippen LogP contribution in [-0.4, -0.2) is 38.9 Å². The maximum Gasteiger partial charge on any atom is 0.258 e. The molecule has 9 heteroatoms. The van der Waals surface area contributed by atoms with Crippen molar-refractivity contribution in [3.63, 3.8) is 0 Å². The molecule has 0 aliphatic carbocycles. The molecule has 2 aromatic carbocycles. The number of nitrogens with one attached hydrogen (secondary N) is 2. The van der Waals surface area contributed by atoms with Gasteiger partial charge in [0.15, 0.2) is 17.6 Å². The summed E-state index contributed by atoms with van der Waals surface area (Å²) in [6, 6.07) is 15.6. The molecule has 0 radical (unpaired) electrons. The number of hydrogen-bond donors (Lipinski definition) is 2. The van der Waals surface area contributed by atoms with Crippen LogP contribution >= 0.6 is 11.8 Å². The van der Waals surface area contributed by atoms with Crippen LogP contribution in [0, 0.1) is 13.8 Å². The smallest absolute Gasteiger partial charge is 0.258 e. The monoisotopic (exact) mass is 467 g/mol. The van der Waals surface area contributed by atoms with Gasteiger partial charge in [-0.2, -0.15) is 0 Å². The Balaban J connectivity index is 1.44. The maximum atomic E-state index is 12.3. The van der Waals surface area contributed by atoms with Gasteiger partial charge in [0, 0.05) is 7.05 Å². The van der Waals surface area contributed by atoms with Gasteiger partial charge in [-0.15, -0.1) is 10.2 Å². The van der Waals surface area contributed by atoms with Crippen LogP contribution in [0.2, 0.25) is 0 Å². The summed E-state index contributed by atoms with van der Waals surface area (Å²) < 4.78 is 7.45. The fourth-order valence-electron chi connectivity index (χ4n) is 3.26. The minimum absolute atomic E-state index is 0.0738. The van der Waals surface area contributed by atoms with Crippen LogP contribution in [0.1, 0.15) is 35.5 Å². The normalized spacial score (nSPS) is 11.6. The van der Waals surface area contributed by atoms with Gasteiger partial charge in [0.2, 0.25) is 5.91 Å². The summed E-state index contributed by atoms with van der Waals surface area (Å²) in [5.41, 5.74) is 3.02. The van der Waals surface area contributed by atoms with E-state index in [0.717, 1.165) is 22.4 Å². The molecular weight excluding hydrogens is 438 g/mol. The Kier molecular flexibility index (Phi) is 8.48. The van der Waals surface area contributed by atoms with Crippen LogP contribution in [-0.2, 0) is 23.2 Å². The van der Waals surface area contributed by atoms with Crippen molar-refractivity contribution in [2.75, 3.05) is 12.4 Å². The lowest BCUT2D eigenvalue weighted by molar-refractivity contribution is -0.123. The first-order chi connectivity index (χ1) is 15.8. The zero-order valence-corrected chi connectivity index (χ0v) is 20.1. The number of aryl methyl sites for hydroxylation is 2. The molecule has 2 N–H and O–H groups in total. The van der Waals surface area contributed by atoms with Crippen LogP contribution in [0.3, 0.4) is 0 Å². The number of carbonyl (C=O) groups excluding carboxylic acids is 2. The van der Waals surface area contributed by atoms with Gasteiger partial charge in [0.1, 0.15) is 5.75 Å². The van der Waals surface area contributed by atoms with Gasteiger partial charge in [-0.3, -0.25) is 9.59 Å². The van der Waals surface area contributed by atoms with Gasteiger partial charge in [-0.05, 0) is 37.5 Å². The van der Waals surface area contributed by atoms with Crippen molar-refractivity contribution in [1.29, 1.82) is 0 Å². The average molecular weight is 468 g/mol. The Morgan fingerprint density at radius 1 is 1.03 bits per heavy atom. The van der Waals surface area contributed by atoms with Gasteiger partial charge in [-0.1, -0.05) is 60.3 Å². The Morgan fingerprint density at radius 3 is 2.42 bits per heavy atom. The highest BCUT2D eigenvalue weighted by atomic mass is 32.2. The Bertz CT molecular complexity index is 1080. The molecule has 0 bridgehead atoms. The zero-order chi connectivity index (χ0) is 23.8. The van der Waals surface area contributed by atoms with Crippen molar-refractivity contribution >= 4 is 23.6 Å². The number of rotatable bonds is 10. The first kappa shape index (κ1) is 24.3. The second-order valence-corrected chi connectivity index (χ2v) is 8.68. The van der Waals surface area contributed by atoms with Crippen molar-refractivity contribution in [3.8, 4) is 5.75 Å². The molecule has 0 aliphatic rings. The van der Waals surface area contributed by atoms with E-state index in [1.54, 1.807) is 4.57 Å². The standard InChI is InChI=1S/C24H29N5O3S/c1-16-9-8-10-17(2)23(16)32-14-21(30)25-13-20-27-28-24(29(20)4)33-15-22(31)26-18(3)19-11-6-5-7-12-19/h5-12,18H,13-15H2,1-4H3,(H,25,30)(H,26,31)/t18-/m0/s1. The third-order valence-corrected chi connectivity index (χ3v) is 6.15. The summed E-state index contributed by atoms with van der Waals surface area (Å²) >= 11 is 1.30. The molecule has 0 saturated carbocycles. The third-order valence-electron chi connectivity index (χ3n) is 5.13. The lowest BCUT2D eigenvalue weighted by Gasteiger charge is -2.14. The molecular formula is C24H29N5O3S. The molecule has 8 nitrogen and oxygen atoms in total. The molecule has 33 heavy (non-hydrogen) atoms. The van der Waals surface area contributed by atoms with E-state index < -0.39 is 0 Å². The maximum absolute atomic E-state index is 12.3. The molecule has 2 amide bonds. The number of benzene rings is 2.